The molecule has 141 heavy (non-hydrogen) atoms. The molecule has 0 atom stereocenters. The standard InChI is InChI=1S/C72H55N3.C63H45N3/c1-72(2,3)54-39-44-64-67(47-54)71(52-35-33-51(34-36-52)50-21-9-4-10-22-50)63-32-20-19-31-62(63)70(64)53-37-40-59(41-38-53)75-68-45-42-60(73(55-23-11-5-12-24-55)56-25-13-6-14-26-56)48-65(68)66-49-61(43-46-69(66)75)74(57-27-15-7-16-28-57)58-29-17-8-18-30-58;1-44-41-50(35-38-53(44)63-56-33-19-17-31-54(56)62(45-21-7-2-8-22-45)55-32-18-20-34-57(55)63)66-60-39-36-51(64(46-23-9-3-10-24-46)47-25-11-4-12-26-47)42-58(60)59-43-52(37-40-61(59)66)65(48-27-13-5-14-28-48)49-29-15-6-16-30-49/h4-49H,1-3H3;2-43H,1H3. The zero-order valence-electron chi connectivity index (χ0n) is 79.0. The van der Waals surface area contributed by atoms with E-state index < -0.39 is 0 Å². The Bertz CT molecular complexity index is 8400. The van der Waals surface area contributed by atoms with Crippen molar-refractivity contribution in [2.24, 2.45) is 0 Å². The largest absolute Gasteiger partial charge is 0.310 e. The second kappa shape index (κ2) is 36.8. The van der Waals surface area contributed by atoms with Crippen LogP contribution in [-0.4, -0.2) is 9.13 Å². The summed E-state index contributed by atoms with van der Waals surface area (Å²) in [5, 5.41) is 14.7. The number of para-hydroxylation sites is 8. The minimum Gasteiger partial charge on any atom is -0.310 e. The summed E-state index contributed by atoms with van der Waals surface area (Å²) < 4.78 is 4.90. The molecule has 0 aliphatic rings. The quantitative estimate of drug-likeness (QED) is 0.0753. The molecule has 0 saturated carbocycles. The summed E-state index contributed by atoms with van der Waals surface area (Å²) in [6, 6.07) is 194. The highest BCUT2D eigenvalue weighted by molar-refractivity contribution is 6.24. The normalized spacial score (nSPS) is 11.5. The van der Waals surface area contributed by atoms with Crippen molar-refractivity contribution in [3.8, 4) is 67.0 Å². The second-order valence-electron chi connectivity index (χ2n) is 37.5. The number of hydrogen-bond acceptors (Lipinski definition) is 4. The molecular formula is C135H100N6. The molecular weight excluding hydrogens is 1710 g/mol. The highest BCUT2D eigenvalue weighted by Crippen LogP contribution is 2.52. The van der Waals surface area contributed by atoms with E-state index in [1.54, 1.807) is 0 Å². The molecule has 0 fully saturated rings. The minimum atomic E-state index is -0.0251. The molecule has 0 amide bonds. The van der Waals surface area contributed by atoms with Gasteiger partial charge in [-0.1, -0.05) is 354 Å². The fraction of sp³-hybridized carbons (Fsp3) is 0.0370. The number of fused-ring (bicyclic) bond motifs is 10. The molecule has 2 heterocycles. The highest BCUT2D eigenvalue weighted by atomic mass is 15.2. The molecule has 2 aromatic heterocycles. The Morgan fingerprint density at radius 1 is 0.163 bits per heavy atom. The van der Waals surface area contributed by atoms with Crippen molar-refractivity contribution in [3.05, 3.63) is 545 Å². The fourth-order valence-corrected chi connectivity index (χ4v) is 21.4. The lowest BCUT2D eigenvalue weighted by atomic mass is 9.81. The van der Waals surface area contributed by atoms with E-state index in [-0.39, 0.29) is 5.41 Å². The van der Waals surface area contributed by atoms with Crippen LogP contribution in [0.2, 0.25) is 0 Å². The van der Waals surface area contributed by atoms with E-state index >= 15 is 0 Å². The van der Waals surface area contributed by atoms with Crippen molar-refractivity contribution < 1.29 is 0 Å². The van der Waals surface area contributed by atoms with Crippen LogP contribution in [0.3, 0.4) is 0 Å². The maximum atomic E-state index is 2.45. The van der Waals surface area contributed by atoms with Crippen molar-refractivity contribution >= 4 is 155 Å². The zero-order valence-corrected chi connectivity index (χ0v) is 79.0. The molecule has 0 saturated heterocycles. The smallest absolute Gasteiger partial charge is 0.0542 e. The van der Waals surface area contributed by atoms with Gasteiger partial charge in [0.25, 0.3) is 0 Å². The molecule has 670 valence electrons. The van der Waals surface area contributed by atoms with Gasteiger partial charge in [-0.15, -0.1) is 0 Å². The number of aromatic nitrogens is 2. The Kier molecular flexibility index (Phi) is 22.4. The lowest BCUT2D eigenvalue weighted by molar-refractivity contribution is 0.591. The predicted molar refractivity (Wildman–Crippen MR) is 601 cm³/mol. The summed E-state index contributed by atoms with van der Waals surface area (Å²) in [5.74, 6) is 0. The van der Waals surface area contributed by atoms with Crippen LogP contribution in [0, 0.1) is 6.92 Å². The van der Waals surface area contributed by atoms with Gasteiger partial charge in [0.1, 0.15) is 0 Å². The third-order valence-electron chi connectivity index (χ3n) is 27.9. The molecule has 0 aliphatic carbocycles. The van der Waals surface area contributed by atoms with Crippen molar-refractivity contribution in [2.75, 3.05) is 19.6 Å². The Labute approximate surface area is 823 Å². The number of nitrogens with zero attached hydrogens (tertiary/aromatic N) is 6. The van der Waals surface area contributed by atoms with E-state index in [9.17, 15) is 0 Å². The lowest BCUT2D eigenvalue weighted by Gasteiger charge is -2.26. The Morgan fingerprint density at radius 3 is 0.702 bits per heavy atom. The van der Waals surface area contributed by atoms with Gasteiger partial charge in [-0.25, -0.2) is 0 Å². The van der Waals surface area contributed by atoms with Gasteiger partial charge in [0.2, 0.25) is 0 Å². The second-order valence-corrected chi connectivity index (χ2v) is 37.5. The molecule has 0 unspecified atom stereocenters. The molecule has 0 radical (unpaired) electrons. The number of rotatable bonds is 19. The van der Waals surface area contributed by atoms with Crippen LogP contribution >= 0.6 is 0 Å². The van der Waals surface area contributed by atoms with E-state index in [1.165, 1.54) is 131 Å². The molecule has 6 heteroatoms. The van der Waals surface area contributed by atoms with Crippen LogP contribution in [0.5, 0.6) is 0 Å². The maximum absolute atomic E-state index is 2.45. The molecule has 25 aromatic rings. The van der Waals surface area contributed by atoms with Crippen molar-refractivity contribution in [2.45, 2.75) is 33.1 Å². The van der Waals surface area contributed by atoms with E-state index in [0.717, 1.165) is 102 Å². The molecule has 23 aromatic carbocycles. The Hall–Kier alpha value is -18.1. The monoisotopic (exact) mass is 1800 g/mol. The van der Waals surface area contributed by atoms with Crippen LogP contribution in [0.25, 0.3) is 154 Å². The van der Waals surface area contributed by atoms with Crippen LogP contribution in [-0.2, 0) is 5.41 Å². The van der Waals surface area contributed by atoms with Crippen molar-refractivity contribution in [1.82, 2.24) is 9.13 Å². The summed E-state index contributed by atoms with van der Waals surface area (Å²) in [6.45, 7) is 9.20. The first-order chi connectivity index (χ1) is 69.5. The van der Waals surface area contributed by atoms with Crippen LogP contribution < -0.4 is 19.6 Å². The maximum Gasteiger partial charge on any atom is 0.0542 e. The third-order valence-corrected chi connectivity index (χ3v) is 27.9. The molecule has 0 aliphatic heterocycles. The van der Waals surface area contributed by atoms with E-state index in [0.29, 0.717) is 0 Å². The predicted octanol–water partition coefficient (Wildman–Crippen LogP) is 38.0. The van der Waals surface area contributed by atoms with Gasteiger partial charge in [-0.2, -0.15) is 0 Å². The number of aryl methyl sites for hydroxylation is 1. The first kappa shape index (κ1) is 85.8. The highest BCUT2D eigenvalue weighted by Gasteiger charge is 2.28. The topological polar surface area (TPSA) is 22.8 Å². The van der Waals surface area contributed by atoms with Crippen molar-refractivity contribution in [3.63, 3.8) is 0 Å². The summed E-state index contributed by atoms with van der Waals surface area (Å²) in [5.41, 5.74) is 34.9. The van der Waals surface area contributed by atoms with Crippen LogP contribution in [0.15, 0.2) is 534 Å². The first-order valence-electron chi connectivity index (χ1n) is 48.7. The third kappa shape index (κ3) is 16.0. The zero-order chi connectivity index (χ0) is 94.4. The average Bonchev–Trinajstić information content (AvgIpc) is 1.52. The number of hydrogen-bond donors (Lipinski definition) is 0. The van der Waals surface area contributed by atoms with Gasteiger partial charge in [-0.05, 0) is 322 Å². The van der Waals surface area contributed by atoms with Crippen LogP contribution in [0.4, 0.5) is 68.2 Å². The molecule has 0 N–H and O–H groups in total. The van der Waals surface area contributed by atoms with Gasteiger partial charge < -0.3 is 28.7 Å². The number of benzene rings is 23. The van der Waals surface area contributed by atoms with Crippen molar-refractivity contribution in [1.29, 1.82) is 0 Å². The summed E-state index contributed by atoms with van der Waals surface area (Å²) in [4.78, 5) is 9.41. The molecule has 25 rings (SSSR count). The Morgan fingerprint density at radius 2 is 0.397 bits per heavy atom. The first-order valence-corrected chi connectivity index (χ1v) is 48.7. The molecule has 0 bridgehead atoms. The van der Waals surface area contributed by atoms with Gasteiger partial charge >= 0.3 is 0 Å². The van der Waals surface area contributed by atoms with E-state index in [2.05, 4.69) is 590 Å². The average molecular weight is 1810 g/mol. The lowest BCUT2D eigenvalue weighted by Crippen LogP contribution is -2.10. The Balaban J connectivity index is 0.000000154. The van der Waals surface area contributed by atoms with Gasteiger partial charge in [-0.3, -0.25) is 0 Å². The fourth-order valence-electron chi connectivity index (χ4n) is 21.4. The van der Waals surface area contributed by atoms with E-state index in [1.807, 2.05) is 0 Å². The summed E-state index contributed by atoms with van der Waals surface area (Å²) in [7, 11) is 0. The summed E-state index contributed by atoms with van der Waals surface area (Å²) in [6.07, 6.45) is 0. The SMILES string of the molecule is CC(C)(C)c1ccc2c(-c3ccc(-n4c5ccc(N(c6ccccc6)c6ccccc6)cc5c5cc(N(c6ccccc6)c6ccccc6)ccc54)cc3)c3ccccc3c(-c3ccc(-c4ccccc4)cc3)c2c1.Cc1cc(-n2c3ccc(N(c4ccccc4)c4ccccc4)cc3c3cc(N(c4ccccc4)c4ccccc4)ccc32)ccc1-c1c2ccccc2c(-c2ccccc2)c2ccccc12. The molecule has 0 spiro atoms. The van der Waals surface area contributed by atoms with Gasteiger partial charge in [0, 0.05) is 101 Å². The van der Waals surface area contributed by atoms with E-state index in [4.69, 9.17) is 0 Å². The van der Waals surface area contributed by atoms with Gasteiger partial charge in [0.05, 0.1) is 22.1 Å². The summed E-state index contributed by atoms with van der Waals surface area (Å²) >= 11 is 0. The van der Waals surface area contributed by atoms with Crippen LogP contribution in [0.1, 0.15) is 31.9 Å². The molecule has 6 nitrogen and oxygen atoms in total. The number of anilines is 12. The minimum absolute atomic E-state index is 0.0251. The van der Waals surface area contributed by atoms with Gasteiger partial charge in [0.15, 0.2) is 0 Å².